The van der Waals surface area contributed by atoms with Gasteiger partial charge in [0.25, 0.3) is 0 Å². The highest BCUT2D eigenvalue weighted by atomic mass is 19.1. The third-order valence-corrected chi connectivity index (χ3v) is 2.45. The van der Waals surface area contributed by atoms with Crippen molar-refractivity contribution in [1.82, 2.24) is 4.98 Å². The van der Waals surface area contributed by atoms with E-state index in [1.54, 1.807) is 19.1 Å². The van der Waals surface area contributed by atoms with Crippen LogP contribution in [0.15, 0.2) is 30.3 Å². The van der Waals surface area contributed by atoms with E-state index in [4.69, 9.17) is 4.74 Å². The van der Waals surface area contributed by atoms with Crippen LogP contribution < -0.4 is 4.74 Å². The molecule has 0 N–H and O–H groups in total. The Morgan fingerprint density at radius 1 is 1.21 bits per heavy atom. The second-order valence-corrected chi connectivity index (χ2v) is 4.02. The fraction of sp³-hybridized carbons (Fsp3) is 0.143. The summed E-state index contributed by atoms with van der Waals surface area (Å²) >= 11 is 0. The average molecular weight is 263 g/mol. The molecule has 98 valence electrons. The molecule has 3 nitrogen and oxygen atoms in total. The van der Waals surface area contributed by atoms with E-state index >= 15 is 0 Å². The molecule has 5 heteroatoms. The van der Waals surface area contributed by atoms with Crippen molar-refractivity contribution in [2.24, 2.45) is 0 Å². The van der Waals surface area contributed by atoms with Gasteiger partial charge in [-0.3, -0.25) is 4.79 Å². The van der Waals surface area contributed by atoms with Crippen molar-refractivity contribution in [2.45, 2.75) is 13.5 Å². The van der Waals surface area contributed by atoms with Crippen LogP contribution in [0.1, 0.15) is 21.7 Å². The highest BCUT2D eigenvalue weighted by Crippen LogP contribution is 2.17. The van der Waals surface area contributed by atoms with Gasteiger partial charge in [0, 0.05) is 11.8 Å². The Morgan fingerprint density at radius 2 is 1.89 bits per heavy atom. The molecule has 0 atom stereocenters. The lowest BCUT2D eigenvalue weighted by Gasteiger charge is -2.08. The van der Waals surface area contributed by atoms with Crippen molar-refractivity contribution in [3.8, 4) is 5.75 Å². The van der Waals surface area contributed by atoms with Gasteiger partial charge in [0.15, 0.2) is 6.29 Å². The fourth-order valence-electron chi connectivity index (χ4n) is 1.63. The maximum Gasteiger partial charge on any atom is 0.172 e. The van der Waals surface area contributed by atoms with E-state index in [-0.39, 0.29) is 18.1 Å². The minimum absolute atomic E-state index is 0.0414. The number of carbonyl (C=O) groups excluding carboxylic acids is 1. The van der Waals surface area contributed by atoms with E-state index in [1.807, 2.05) is 0 Å². The van der Waals surface area contributed by atoms with Gasteiger partial charge in [-0.25, -0.2) is 13.8 Å². The summed E-state index contributed by atoms with van der Waals surface area (Å²) in [6.45, 7) is 1.71. The van der Waals surface area contributed by atoms with E-state index < -0.39 is 11.6 Å². The zero-order valence-corrected chi connectivity index (χ0v) is 10.2. The lowest BCUT2D eigenvalue weighted by atomic mass is 10.2. The standard InChI is InChI=1S/C14H11F2NO2/c1-9-2-3-14(13(7-18)17-9)19-8-10-4-11(15)6-12(16)5-10/h2-7H,8H2,1H3. The Labute approximate surface area is 108 Å². The topological polar surface area (TPSA) is 39.2 Å². The Balaban J connectivity index is 2.16. The normalized spacial score (nSPS) is 10.3. The van der Waals surface area contributed by atoms with E-state index in [0.717, 1.165) is 6.07 Å². The lowest BCUT2D eigenvalue weighted by molar-refractivity contribution is 0.111. The molecule has 1 heterocycles. The number of aromatic nitrogens is 1. The number of hydrogen-bond acceptors (Lipinski definition) is 3. The summed E-state index contributed by atoms with van der Waals surface area (Å²) in [5.41, 5.74) is 1.19. The van der Waals surface area contributed by atoms with Crippen LogP contribution in [-0.2, 0) is 6.61 Å². The molecule has 2 aromatic rings. The third kappa shape index (κ3) is 3.34. The number of ether oxygens (including phenoxy) is 1. The first-order valence-corrected chi connectivity index (χ1v) is 5.59. The smallest absolute Gasteiger partial charge is 0.172 e. The Hall–Kier alpha value is -2.30. The molecule has 2 rings (SSSR count). The number of carbonyl (C=O) groups is 1. The summed E-state index contributed by atoms with van der Waals surface area (Å²) in [7, 11) is 0. The predicted molar refractivity (Wildman–Crippen MR) is 65.1 cm³/mol. The molecular formula is C14H11F2NO2. The molecule has 0 radical (unpaired) electrons. The van der Waals surface area contributed by atoms with E-state index in [2.05, 4.69) is 4.98 Å². The van der Waals surface area contributed by atoms with Crippen molar-refractivity contribution < 1.29 is 18.3 Å². The van der Waals surface area contributed by atoms with Crippen molar-refractivity contribution in [2.75, 3.05) is 0 Å². The number of hydrogen-bond donors (Lipinski definition) is 0. The number of benzene rings is 1. The van der Waals surface area contributed by atoms with Crippen LogP contribution in [0.25, 0.3) is 0 Å². The quantitative estimate of drug-likeness (QED) is 0.796. The number of halogens is 2. The molecule has 0 bridgehead atoms. The lowest BCUT2D eigenvalue weighted by Crippen LogP contribution is -2.01. The summed E-state index contributed by atoms with van der Waals surface area (Å²) in [4.78, 5) is 14.8. The Bertz CT molecular complexity index is 594. The first kappa shape index (κ1) is 13.1. The SMILES string of the molecule is Cc1ccc(OCc2cc(F)cc(F)c2)c(C=O)n1. The average Bonchev–Trinajstić information content (AvgIpc) is 2.36. The monoisotopic (exact) mass is 263 g/mol. The van der Waals surface area contributed by atoms with Crippen LogP contribution in [-0.4, -0.2) is 11.3 Å². The third-order valence-electron chi connectivity index (χ3n) is 2.45. The van der Waals surface area contributed by atoms with Crippen LogP contribution in [0.2, 0.25) is 0 Å². The van der Waals surface area contributed by atoms with Crippen LogP contribution in [0.5, 0.6) is 5.75 Å². The van der Waals surface area contributed by atoms with Crippen molar-refractivity contribution >= 4 is 6.29 Å². The van der Waals surface area contributed by atoms with E-state index in [0.29, 0.717) is 17.5 Å². The summed E-state index contributed by atoms with van der Waals surface area (Å²) in [6.07, 6.45) is 0.578. The zero-order chi connectivity index (χ0) is 13.8. The van der Waals surface area contributed by atoms with Crippen LogP contribution in [0, 0.1) is 18.6 Å². The number of nitrogens with zero attached hydrogens (tertiary/aromatic N) is 1. The number of pyridine rings is 1. The van der Waals surface area contributed by atoms with Gasteiger partial charge in [0.1, 0.15) is 29.7 Å². The maximum atomic E-state index is 13.0. The van der Waals surface area contributed by atoms with Gasteiger partial charge < -0.3 is 4.74 Å². The second kappa shape index (κ2) is 5.56. The second-order valence-electron chi connectivity index (χ2n) is 4.02. The van der Waals surface area contributed by atoms with Gasteiger partial charge in [-0.15, -0.1) is 0 Å². The first-order chi connectivity index (χ1) is 9.08. The summed E-state index contributed by atoms with van der Waals surface area (Å²) in [6, 6.07) is 6.42. The molecule has 1 aromatic heterocycles. The molecule has 0 aliphatic carbocycles. The maximum absolute atomic E-state index is 13.0. The highest BCUT2D eigenvalue weighted by molar-refractivity contribution is 5.76. The molecule has 0 aliphatic rings. The molecular weight excluding hydrogens is 252 g/mol. The van der Waals surface area contributed by atoms with Gasteiger partial charge in [-0.1, -0.05) is 0 Å². The van der Waals surface area contributed by atoms with Gasteiger partial charge >= 0.3 is 0 Å². The van der Waals surface area contributed by atoms with Crippen molar-refractivity contribution in [3.05, 3.63) is 58.9 Å². The molecule has 0 saturated heterocycles. The number of aldehydes is 1. The molecule has 0 saturated carbocycles. The summed E-state index contributed by atoms with van der Waals surface area (Å²) in [5, 5.41) is 0. The van der Waals surface area contributed by atoms with Crippen molar-refractivity contribution in [3.63, 3.8) is 0 Å². The minimum atomic E-state index is -0.670. The molecule has 0 amide bonds. The van der Waals surface area contributed by atoms with Crippen molar-refractivity contribution in [1.29, 1.82) is 0 Å². The van der Waals surface area contributed by atoms with Crippen LogP contribution >= 0.6 is 0 Å². The van der Waals surface area contributed by atoms with E-state index in [1.165, 1.54) is 12.1 Å². The van der Waals surface area contributed by atoms with E-state index in [9.17, 15) is 13.6 Å². The van der Waals surface area contributed by atoms with Gasteiger partial charge in [0.05, 0.1) is 0 Å². The Kier molecular flexibility index (Phi) is 3.85. The highest BCUT2D eigenvalue weighted by Gasteiger charge is 2.06. The fourth-order valence-corrected chi connectivity index (χ4v) is 1.63. The molecule has 1 aromatic carbocycles. The molecule has 0 spiro atoms. The molecule has 0 fully saturated rings. The number of aryl methyl sites for hydroxylation is 1. The van der Waals surface area contributed by atoms with Gasteiger partial charge in [0.2, 0.25) is 0 Å². The van der Waals surface area contributed by atoms with Crippen LogP contribution in [0.4, 0.5) is 8.78 Å². The molecule has 0 aliphatic heterocycles. The minimum Gasteiger partial charge on any atom is -0.487 e. The molecule has 0 unspecified atom stereocenters. The summed E-state index contributed by atoms with van der Waals surface area (Å²) < 4.78 is 31.3. The largest absolute Gasteiger partial charge is 0.487 e. The van der Waals surface area contributed by atoms with Gasteiger partial charge in [-0.05, 0) is 36.8 Å². The first-order valence-electron chi connectivity index (χ1n) is 5.59. The summed E-state index contributed by atoms with van der Waals surface area (Å²) in [5.74, 6) is -1.06. The zero-order valence-electron chi connectivity index (χ0n) is 10.2. The number of rotatable bonds is 4. The van der Waals surface area contributed by atoms with Gasteiger partial charge in [-0.2, -0.15) is 0 Å². The Morgan fingerprint density at radius 3 is 2.53 bits per heavy atom. The van der Waals surface area contributed by atoms with Crippen LogP contribution in [0.3, 0.4) is 0 Å². The molecule has 19 heavy (non-hydrogen) atoms. The predicted octanol–water partition coefficient (Wildman–Crippen LogP) is 3.06.